The van der Waals surface area contributed by atoms with E-state index in [0.717, 1.165) is 9.88 Å². The number of amides is 1. The normalized spacial score (nSPS) is 11.3. The lowest BCUT2D eigenvalue weighted by Crippen LogP contribution is -2.15. The summed E-state index contributed by atoms with van der Waals surface area (Å²) >= 11 is 2.92. The summed E-state index contributed by atoms with van der Waals surface area (Å²) in [5.41, 5.74) is 0.617. The van der Waals surface area contributed by atoms with E-state index in [1.807, 2.05) is 17.5 Å². The van der Waals surface area contributed by atoms with Crippen LogP contribution in [0.3, 0.4) is 0 Å². The average molecular weight is 365 g/mol. The van der Waals surface area contributed by atoms with Gasteiger partial charge in [0.2, 0.25) is 10.0 Å². The van der Waals surface area contributed by atoms with Crippen LogP contribution in [0.15, 0.2) is 52.1 Å². The summed E-state index contributed by atoms with van der Waals surface area (Å²) in [5, 5.41) is 12.1. The minimum absolute atomic E-state index is 0.0622. The molecule has 23 heavy (non-hydrogen) atoms. The molecule has 2 heterocycles. The maximum absolute atomic E-state index is 12.2. The Labute approximate surface area is 140 Å². The van der Waals surface area contributed by atoms with Crippen molar-refractivity contribution in [3.05, 3.63) is 52.9 Å². The summed E-state index contributed by atoms with van der Waals surface area (Å²) < 4.78 is 22.7. The molecule has 2 aromatic heterocycles. The van der Waals surface area contributed by atoms with Gasteiger partial charge in [-0.25, -0.2) is 18.5 Å². The van der Waals surface area contributed by atoms with Gasteiger partial charge in [-0.05, 0) is 29.6 Å². The van der Waals surface area contributed by atoms with Crippen molar-refractivity contribution in [1.82, 2.24) is 4.98 Å². The molecule has 3 aromatic rings. The number of nitrogens with one attached hydrogen (secondary N) is 1. The summed E-state index contributed by atoms with van der Waals surface area (Å²) in [5.74, 6) is -0.407. The fraction of sp³-hybridized carbons (Fsp3) is 0. The zero-order chi connectivity index (χ0) is 16.4. The van der Waals surface area contributed by atoms with Gasteiger partial charge in [-0.3, -0.25) is 4.79 Å². The number of thiophene rings is 1. The van der Waals surface area contributed by atoms with E-state index in [1.165, 1.54) is 29.5 Å². The molecule has 0 saturated heterocycles. The summed E-state index contributed by atoms with van der Waals surface area (Å²) in [6.07, 6.45) is 0. The Hall–Kier alpha value is -2.07. The van der Waals surface area contributed by atoms with E-state index < -0.39 is 15.9 Å². The topological polar surface area (TPSA) is 102 Å². The van der Waals surface area contributed by atoms with Crippen molar-refractivity contribution < 1.29 is 13.2 Å². The predicted molar refractivity (Wildman–Crippen MR) is 91.2 cm³/mol. The van der Waals surface area contributed by atoms with Crippen LogP contribution >= 0.6 is 22.7 Å². The molecule has 0 aliphatic carbocycles. The molecule has 0 saturated carbocycles. The first-order chi connectivity index (χ1) is 10.9. The lowest BCUT2D eigenvalue weighted by molar-refractivity contribution is 0.102. The van der Waals surface area contributed by atoms with Crippen LogP contribution < -0.4 is 10.5 Å². The first-order valence-corrected chi connectivity index (χ1v) is 9.68. The number of carbonyl (C=O) groups is 1. The van der Waals surface area contributed by atoms with Crippen LogP contribution in [0, 0.1) is 0 Å². The number of rotatable bonds is 4. The highest BCUT2D eigenvalue weighted by Gasteiger charge is 2.14. The molecule has 0 atom stereocenters. The number of nitrogens with two attached hydrogens (primary N) is 1. The minimum atomic E-state index is -3.81. The smallest absolute Gasteiger partial charge is 0.275 e. The largest absolute Gasteiger partial charge is 0.321 e. The zero-order valence-electron chi connectivity index (χ0n) is 11.6. The molecule has 0 spiro atoms. The number of sulfonamides is 1. The molecular weight excluding hydrogens is 354 g/mol. The van der Waals surface area contributed by atoms with Crippen molar-refractivity contribution in [2.24, 2.45) is 5.14 Å². The number of aromatic nitrogens is 1. The number of benzene rings is 1. The SMILES string of the molecule is NS(=O)(=O)c1cccc(NC(=O)c2csc(-c3cccs3)n2)c1. The third-order valence-electron chi connectivity index (χ3n) is 2.89. The minimum Gasteiger partial charge on any atom is -0.321 e. The molecule has 3 N–H and O–H groups in total. The second-order valence-electron chi connectivity index (χ2n) is 4.54. The second kappa shape index (κ2) is 6.20. The van der Waals surface area contributed by atoms with E-state index in [1.54, 1.807) is 22.8 Å². The van der Waals surface area contributed by atoms with Gasteiger partial charge in [0.1, 0.15) is 10.7 Å². The summed E-state index contributed by atoms with van der Waals surface area (Å²) in [4.78, 5) is 17.4. The van der Waals surface area contributed by atoms with Gasteiger partial charge in [0.05, 0.1) is 9.77 Å². The van der Waals surface area contributed by atoms with Gasteiger partial charge in [0.25, 0.3) is 5.91 Å². The Kier molecular flexibility index (Phi) is 4.26. The van der Waals surface area contributed by atoms with E-state index in [0.29, 0.717) is 5.69 Å². The molecular formula is C14H11N3O3S3. The number of primary sulfonamides is 1. The van der Waals surface area contributed by atoms with Gasteiger partial charge >= 0.3 is 0 Å². The van der Waals surface area contributed by atoms with Crippen LogP contribution in [-0.4, -0.2) is 19.3 Å². The molecule has 3 rings (SSSR count). The molecule has 118 valence electrons. The average Bonchev–Trinajstić information content (AvgIpc) is 3.18. The maximum atomic E-state index is 12.2. The second-order valence-corrected chi connectivity index (χ2v) is 7.91. The summed E-state index contributed by atoms with van der Waals surface area (Å²) in [6, 6.07) is 9.61. The van der Waals surface area contributed by atoms with Crippen molar-refractivity contribution in [2.75, 3.05) is 5.32 Å². The van der Waals surface area contributed by atoms with Crippen LogP contribution in [0.5, 0.6) is 0 Å². The van der Waals surface area contributed by atoms with Crippen molar-refractivity contribution in [3.63, 3.8) is 0 Å². The Morgan fingerprint density at radius 3 is 2.70 bits per heavy atom. The van der Waals surface area contributed by atoms with E-state index in [2.05, 4.69) is 10.3 Å². The van der Waals surface area contributed by atoms with Gasteiger partial charge in [0, 0.05) is 11.1 Å². The molecule has 0 unspecified atom stereocenters. The van der Waals surface area contributed by atoms with E-state index in [-0.39, 0.29) is 10.6 Å². The fourth-order valence-corrected chi connectivity index (χ4v) is 4.01. The molecule has 0 fully saturated rings. The van der Waals surface area contributed by atoms with Crippen LogP contribution in [0.1, 0.15) is 10.5 Å². The van der Waals surface area contributed by atoms with E-state index in [9.17, 15) is 13.2 Å². The standard InChI is InChI=1S/C14H11N3O3S3/c15-23(19,20)10-4-1-3-9(7-10)16-13(18)11-8-22-14(17-11)12-5-2-6-21-12/h1-8H,(H,16,18)(H2,15,19,20). The number of hydrogen-bond acceptors (Lipinski definition) is 6. The number of hydrogen-bond donors (Lipinski definition) is 2. The van der Waals surface area contributed by atoms with Gasteiger partial charge < -0.3 is 5.32 Å². The number of carbonyl (C=O) groups excluding carboxylic acids is 1. The third-order valence-corrected chi connectivity index (χ3v) is 5.68. The van der Waals surface area contributed by atoms with Gasteiger partial charge in [-0.15, -0.1) is 22.7 Å². The molecule has 1 aromatic carbocycles. The Balaban J connectivity index is 1.80. The van der Waals surface area contributed by atoms with Crippen LogP contribution in [0.4, 0.5) is 5.69 Å². The molecule has 0 bridgehead atoms. The highest BCUT2D eigenvalue weighted by Crippen LogP contribution is 2.28. The van der Waals surface area contributed by atoms with Crippen LogP contribution in [0.2, 0.25) is 0 Å². The van der Waals surface area contributed by atoms with Gasteiger partial charge in [0.15, 0.2) is 0 Å². The van der Waals surface area contributed by atoms with Crippen molar-refractivity contribution >= 4 is 44.3 Å². The van der Waals surface area contributed by atoms with E-state index in [4.69, 9.17) is 5.14 Å². The summed E-state index contributed by atoms with van der Waals surface area (Å²) in [7, 11) is -3.81. The number of anilines is 1. The Bertz CT molecular complexity index is 947. The number of thiazole rings is 1. The van der Waals surface area contributed by atoms with E-state index >= 15 is 0 Å². The van der Waals surface area contributed by atoms with Crippen molar-refractivity contribution in [3.8, 4) is 9.88 Å². The fourth-order valence-electron chi connectivity index (χ4n) is 1.84. The molecule has 0 aliphatic heterocycles. The predicted octanol–water partition coefficient (Wildman–Crippen LogP) is 2.77. The highest BCUT2D eigenvalue weighted by atomic mass is 32.2. The first-order valence-electron chi connectivity index (χ1n) is 6.37. The van der Waals surface area contributed by atoms with Crippen LogP contribution in [-0.2, 0) is 10.0 Å². The lowest BCUT2D eigenvalue weighted by atomic mass is 10.3. The molecule has 1 amide bonds. The summed E-state index contributed by atoms with van der Waals surface area (Å²) in [6.45, 7) is 0. The van der Waals surface area contributed by atoms with Crippen molar-refractivity contribution in [1.29, 1.82) is 0 Å². The number of nitrogens with zero attached hydrogens (tertiary/aromatic N) is 1. The first kappa shape index (κ1) is 15.8. The Morgan fingerprint density at radius 1 is 1.17 bits per heavy atom. The molecule has 6 nitrogen and oxygen atoms in total. The third kappa shape index (κ3) is 3.64. The van der Waals surface area contributed by atoms with Gasteiger partial charge in [-0.1, -0.05) is 12.1 Å². The zero-order valence-corrected chi connectivity index (χ0v) is 14.0. The van der Waals surface area contributed by atoms with Gasteiger partial charge in [-0.2, -0.15) is 0 Å². The van der Waals surface area contributed by atoms with Crippen molar-refractivity contribution in [2.45, 2.75) is 4.90 Å². The Morgan fingerprint density at radius 2 is 2.00 bits per heavy atom. The van der Waals surface area contributed by atoms with Crippen LogP contribution in [0.25, 0.3) is 9.88 Å². The quantitative estimate of drug-likeness (QED) is 0.742. The maximum Gasteiger partial charge on any atom is 0.275 e. The molecule has 0 aliphatic rings. The monoisotopic (exact) mass is 365 g/mol. The molecule has 9 heteroatoms. The highest BCUT2D eigenvalue weighted by molar-refractivity contribution is 7.89. The lowest BCUT2D eigenvalue weighted by Gasteiger charge is -2.05. The molecule has 0 radical (unpaired) electrons.